The van der Waals surface area contributed by atoms with Crippen molar-refractivity contribution in [2.45, 2.75) is 25.7 Å². The molecule has 6 rings (SSSR count). The summed E-state index contributed by atoms with van der Waals surface area (Å²) in [6.07, 6.45) is 6.99. The van der Waals surface area contributed by atoms with Gasteiger partial charge in [-0.2, -0.15) is 9.78 Å². The average Bonchev–Trinajstić information content (AvgIpc) is 3.41. The molecule has 7 nitrogen and oxygen atoms in total. The first-order valence-electron chi connectivity index (χ1n) is 12.9. The Morgan fingerprint density at radius 2 is 1.78 bits per heavy atom. The summed E-state index contributed by atoms with van der Waals surface area (Å²) in [4.78, 5) is 42.9. The van der Waals surface area contributed by atoms with E-state index in [-0.39, 0.29) is 17.0 Å². The number of aromatic nitrogens is 3. The Bertz CT molecular complexity index is 1910. The van der Waals surface area contributed by atoms with E-state index in [2.05, 4.69) is 15.4 Å². The molecule has 0 atom stereocenters. The molecule has 5 aromatic rings. The molecule has 0 saturated heterocycles. The van der Waals surface area contributed by atoms with E-state index in [1.165, 1.54) is 42.6 Å². The number of nitrogens with one attached hydrogen (secondary N) is 1. The predicted molar refractivity (Wildman–Crippen MR) is 153 cm³/mol. The van der Waals surface area contributed by atoms with E-state index >= 15 is 4.39 Å². The number of allylic oxidation sites excluding steroid dienone is 2. The summed E-state index contributed by atoms with van der Waals surface area (Å²) >= 11 is 1.59. The molecule has 0 aliphatic heterocycles. The Hall–Kier alpha value is -4.83. The van der Waals surface area contributed by atoms with Crippen LogP contribution in [0.5, 0.6) is 0 Å². The van der Waals surface area contributed by atoms with Crippen LogP contribution >= 0.6 is 11.3 Å². The second-order valence-electron chi connectivity index (χ2n) is 9.64. The lowest BCUT2D eigenvalue weighted by Crippen LogP contribution is -2.29. The molecule has 2 aromatic carbocycles. The molecule has 1 aliphatic carbocycles. The second-order valence-corrected chi connectivity index (χ2v) is 10.7. The number of ketones is 1. The van der Waals surface area contributed by atoms with E-state index in [1.54, 1.807) is 29.7 Å². The lowest BCUT2D eigenvalue weighted by molar-refractivity contribution is -0.118. The third-order valence-corrected chi connectivity index (χ3v) is 8.19. The molecule has 0 saturated carbocycles. The van der Waals surface area contributed by atoms with Crippen molar-refractivity contribution >= 4 is 44.5 Å². The zero-order valence-corrected chi connectivity index (χ0v) is 22.4. The number of amides is 1. The molecule has 10 heteroatoms. The van der Waals surface area contributed by atoms with Crippen LogP contribution in [0.3, 0.4) is 0 Å². The first kappa shape index (κ1) is 26.4. The minimum Gasteiger partial charge on any atom is -0.322 e. The minimum absolute atomic E-state index is 0.192. The Kier molecular flexibility index (Phi) is 7.07. The molecule has 41 heavy (non-hydrogen) atoms. The zero-order valence-electron chi connectivity index (χ0n) is 21.6. The van der Waals surface area contributed by atoms with Crippen molar-refractivity contribution in [2.75, 3.05) is 5.32 Å². The van der Waals surface area contributed by atoms with Gasteiger partial charge in [0.25, 0.3) is 11.5 Å². The van der Waals surface area contributed by atoms with Crippen LogP contribution in [-0.4, -0.2) is 26.5 Å². The number of fused-ring (bicyclic) bond motifs is 1. The van der Waals surface area contributed by atoms with Crippen molar-refractivity contribution in [3.8, 4) is 5.69 Å². The van der Waals surface area contributed by atoms with Crippen molar-refractivity contribution in [1.29, 1.82) is 0 Å². The van der Waals surface area contributed by atoms with Crippen LogP contribution in [0.1, 0.15) is 45.6 Å². The highest BCUT2D eigenvalue weighted by molar-refractivity contribution is 7.20. The van der Waals surface area contributed by atoms with E-state index in [9.17, 15) is 18.8 Å². The van der Waals surface area contributed by atoms with Gasteiger partial charge >= 0.3 is 0 Å². The third-order valence-electron chi connectivity index (χ3n) is 6.91. The number of carbonyl (C=O) groups excluding carboxylic acids is 2. The topological polar surface area (TPSA) is 93.9 Å². The maximum absolute atomic E-state index is 15.2. The third kappa shape index (κ3) is 5.46. The van der Waals surface area contributed by atoms with Crippen molar-refractivity contribution in [2.24, 2.45) is 0 Å². The van der Waals surface area contributed by atoms with Gasteiger partial charge in [0.1, 0.15) is 23.0 Å². The van der Waals surface area contributed by atoms with Crippen LogP contribution in [-0.2, 0) is 11.2 Å². The number of thiophene rings is 1. The Morgan fingerprint density at radius 3 is 2.54 bits per heavy atom. The standard InChI is InChI=1S/C31H22F2N4O3S/c32-21-4-7-23(8-5-21)37-31(40)25(12-14-35-37)30(39)36-22-6-1-19(26(33)16-22)15-20-11-13-34-27-17-28(41-29(20)27)18-2-9-24(38)10-3-18/h1-2,4-8,11-14,16-17H,3,9-10,15H2,(H,36,39). The van der Waals surface area contributed by atoms with Gasteiger partial charge in [0, 0.05) is 42.2 Å². The molecular formula is C31H22F2N4O3S. The maximum atomic E-state index is 15.2. The van der Waals surface area contributed by atoms with Crippen LogP contribution in [0.2, 0.25) is 0 Å². The minimum atomic E-state index is -0.721. The summed E-state index contributed by atoms with van der Waals surface area (Å²) in [6.45, 7) is 0. The predicted octanol–water partition coefficient (Wildman–Crippen LogP) is 6.10. The van der Waals surface area contributed by atoms with Crippen molar-refractivity contribution < 1.29 is 18.4 Å². The Balaban J connectivity index is 1.21. The summed E-state index contributed by atoms with van der Waals surface area (Å²) in [5.41, 5.74) is 2.94. The van der Waals surface area contributed by atoms with Gasteiger partial charge < -0.3 is 5.32 Å². The van der Waals surface area contributed by atoms with Crippen molar-refractivity contribution in [3.05, 3.63) is 123 Å². The fourth-order valence-corrected chi connectivity index (χ4v) is 5.94. The van der Waals surface area contributed by atoms with Crippen LogP contribution in [0.25, 0.3) is 21.5 Å². The number of carbonyl (C=O) groups is 2. The summed E-state index contributed by atoms with van der Waals surface area (Å²) in [5, 5.41) is 6.54. The number of pyridine rings is 1. The molecule has 1 amide bonds. The van der Waals surface area contributed by atoms with Crippen LogP contribution < -0.4 is 10.9 Å². The molecule has 1 aliphatic rings. The zero-order chi connectivity index (χ0) is 28.5. The first-order valence-corrected chi connectivity index (χ1v) is 13.7. The van der Waals surface area contributed by atoms with E-state index in [4.69, 9.17) is 0 Å². The molecule has 0 radical (unpaired) electrons. The second kappa shape index (κ2) is 11.0. The molecule has 0 unspecified atom stereocenters. The smallest absolute Gasteiger partial charge is 0.284 e. The summed E-state index contributed by atoms with van der Waals surface area (Å²) < 4.78 is 30.4. The number of hydrogen-bond acceptors (Lipinski definition) is 6. The number of halogens is 2. The normalized spacial score (nSPS) is 13.3. The molecular weight excluding hydrogens is 546 g/mol. The molecule has 0 spiro atoms. The number of anilines is 1. The molecule has 0 bridgehead atoms. The average molecular weight is 569 g/mol. The summed E-state index contributed by atoms with van der Waals surface area (Å²) in [6, 6.07) is 14.7. The van der Waals surface area contributed by atoms with Crippen LogP contribution in [0.15, 0.2) is 83.9 Å². The van der Waals surface area contributed by atoms with Gasteiger partial charge in [-0.15, -0.1) is 11.3 Å². The molecule has 1 N–H and O–H groups in total. The first-order chi connectivity index (χ1) is 19.9. The number of hydrogen-bond donors (Lipinski definition) is 1. The van der Waals surface area contributed by atoms with Gasteiger partial charge in [-0.3, -0.25) is 19.4 Å². The molecule has 204 valence electrons. The van der Waals surface area contributed by atoms with Gasteiger partial charge in [-0.1, -0.05) is 12.1 Å². The largest absolute Gasteiger partial charge is 0.322 e. The van der Waals surface area contributed by atoms with Gasteiger partial charge in [0.05, 0.1) is 15.9 Å². The van der Waals surface area contributed by atoms with Crippen LogP contribution in [0.4, 0.5) is 14.5 Å². The van der Waals surface area contributed by atoms with Crippen molar-refractivity contribution in [1.82, 2.24) is 14.8 Å². The SMILES string of the molecule is O=C1CC=C(c2cc3nccc(Cc4ccc(NC(=O)c5ccnn(-c6ccc(F)cc6)c5=O)cc4F)c3s2)CC1. The summed E-state index contributed by atoms with van der Waals surface area (Å²) in [7, 11) is 0. The van der Waals surface area contributed by atoms with Crippen molar-refractivity contribution in [3.63, 3.8) is 0 Å². The van der Waals surface area contributed by atoms with E-state index in [1.807, 2.05) is 18.2 Å². The highest BCUT2D eigenvalue weighted by atomic mass is 32.1. The Morgan fingerprint density at radius 1 is 0.951 bits per heavy atom. The molecule has 3 heterocycles. The van der Waals surface area contributed by atoms with E-state index in [0.29, 0.717) is 36.9 Å². The highest BCUT2D eigenvalue weighted by Crippen LogP contribution is 2.36. The number of Topliss-reactive ketones (excluding diaryl/α,β-unsaturated/α-hetero) is 1. The number of rotatable bonds is 6. The van der Waals surface area contributed by atoms with Gasteiger partial charge in [-0.05, 0) is 77.7 Å². The molecule has 3 aromatic heterocycles. The number of benzene rings is 2. The van der Waals surface area contributed by atoms with Gasteiger partial charge in [0.15, 0.2) is 0 Å². The fraction of sp³-hybridized carbons (Fsp3) is 0.129. The number of nitrogens with zero attached hydrogens (tertiary/aromatic N) is 3. The monoisotopic (exact) mass is 568 g/mol. The lowest BCUT2D eigenvalue weighted by Gasteiger charge is -2.10. The van der Waals surface area contributed by atoms with E-state index < -0.39 is 23.1 Å². The van der Waals surface area contributed by atoms with E-state index in [0.717, 1.165) is 30.9 Å². The quantitative estimate of drug-likeness (QED) is 0.267. The molecule has 0 fully saturated rings. The maximum Gasteiger partial charge on any atom is 0.284 e. The van der Waals surface area contributed by atoms with Gasteiger partial charge in [-0.25, -0.2) is 8.78 Å². The summed E-state index contributed by atoms with van der Waals surface area (Å²) in [5.74, 6) is -1.45. The van der Waals surface area contributed by atoms with Gasteiger partial charge in [0.2, 0.25) is 0 Å². The Labute approximate surface area is 236 Å². The fourth-order valence-electron chi connectivity index (χ4n) is 4.75. The lowest BCUT2D eigenvalue weighted by atomic mass is 9.97. The van der Waals surface area contributed by atoms with Crippen LogP contribution in [0, 0.1) is 11.6 Å². The highest BCUT2D eigenvalue weighted by Gasteiger charge is 2.18.